The number of H-pyrrole nitrogens is 1. The van der Waals surface area contributed by atoms with Crippen LogP contribution in [0.15, 0.2) is 35.5 Å². The van der Waals surface area contributed by atoms with Gasteiger partial charge in [0.15, 0.2) is 0 Å². The predicted octanol–water partition coefficient (Wildman–Crippen LogP) is 4.08. The zero-order chi connectivity index (χ0) is 24.1. The third kappa shape index (κ3) is 4.16. The quantitative estimate of drug-likeness (QED) is 0.668. The molecular formula is C22H27F3N6O2S. The Labute approximate surface area is 195 Å². The van der Waals surface area contributed by atoms with Gasteiger partial charge in [0, 0.05) is 47.7 Å². The average molecular weight is 497 g/mol. The van der Waals surface area contributed by atoms with Crippen molar-refractivity contribution in [1.82, 2.24) is 25.0 Å². The first-order valence-corrected chi connectivity index (χ1v) is 13.0. The molecule has 12 heteroatoms. The van der Waals surface area contributed by atoms with Gasteiger partial charge in [0.25, 0.3) is 0 Å². The molecule has 2 N–H and O–H groups in total. The average Bonchev–Trinajstić information content (AvgIpc) is 3.48. The first-order valence-electron chi connectivity index (χ1n) is 11.4. The van der Waals surface area contributed by atoms with Crippen LogP contribution >= 0.6 is 0 Å². The standard InChI is InChI=1S/C22H27F3N6O2S/c23-22(24,25)16-1-3-17(4-2-16)34(26,33)18-5-8-21(9-6-18)12-31(13-21)20(32)30-10-7-15(11-30)19-27-14-28-29-19/h1-4,14-15,18,26H,5-13H2,(H,27,28,29). The van der Waals surface area contributed by atoms with Gasteiger partial charge in [-0.2, -0.15) is 18.3 Å². The third-order valence-electron chi connectivity index (χ3n) is 7.60. The minimum absolute atomic E-state index is 0.00806. The van der Waals surface area contributed by atoms with Gasteiger partial charge in [-0.3, -0.25) is 5.10 Å². The summed E-state index contributed by atoms with van der Waals surface area (Å²) in [5.41, 5.74) is -0.815. The summed E-state index contributed by atoms with van der Waals surface area (Å²) in [4.78, 5) is 21.0. The molecule has 0 bridgehead atoms. The fourth-order valence-corrected chi connectivity index (χ4v) is 7.38. The van der Waals surface area contributed by atoms with Crippen molar-refractivity contribution in [2.24, 2.45) is 5.41 Å². The Kier molecular flexibility index (Phi) is 5.61. The number of nitrogens with one attached hydrogen (secondary N) is 2. The fraction of sp³-hybridized carbons (Fsp3) is 0.591. The minimum atomic E-state index is -4.46. The van der Waals surface area contributed by atoms with Gasteiger partial charge >= 0.3 is 12.2 Å². The van der Waals surface area contributed by atoms with Crippen LogP contribution in [0, 0.1) is 10.2 Å². The summed E-state index contributed by atoms with van der Waals surface area (Å²) >= 11 is 0. The zero-order valence-electron chi connectivity index (χ0n) is 18.6. The molecular weight excluding hydrogens is 469 g/mol. The lowest BCUT2D eigenvalue weighted by Gasteiger charge is -2.54. The molecule has 2 aromatic rings. The molecule has 2 aliphatic heterocycles. The Morgan fingerprint density at radius 3 is 2.38 bits per heavy atom. The summed E-state index contributed by atoms with van der Waals surface area (Å²) in [6.45, 7) is 2.61. The van der Waals surface area contributed by atoms with Crippen molar-refractivity contribution in [1.29, 1.82) is 4.78 Å². The number of benzene rings is 1. The minimum Gasteiger partial charge on any atom is -0.324 e. The van der Waals surface area contributed by atoms with E-state index in [0.717, 1.165) is 37.2 Å². The predicted molar refractivity (Wildman–Crippen MR) is 118 cm³/mol. The summed E-state index contributed by atoms with van der Waals surface area (Å²) < 4.78 is 60.1. The SMILES string of the molecule is N=S(=O)(c1ccc(C(F)(F)F)cc1)C1CCC2(CC1)CN(C(=O)N1CCC(c3ncn[nH]3)C1)C2. The molecule has 1 saturated carbocycles. The number of carbonyl (C=O) groups excluding carboxylic acids is 1. The second-order valence-electron chi connectivity index (χ2n) is 9.76. The number of nitrogens with zero attached hydrogens (tertiary/aromatic N) is 4. The number of aromatic nitrogens is 3. The van der Waals surface area contributed by atoms with Crippen LogP contribution in [0.5, 0.6) is 0 Å². The fourth-order valence-electron chi connectivity index (χ4n) is 5.56. The molecule has 1 aromatic carbocycles. The molecule has 3 fully saturated rings. The first kappa shape index (κ1) is 23.1. The van der Waals surface area contributed by atoms with Crippen molar-refractivity contribution in [2.75, 3.05) is 26.2 Å². The molecule has 2 amide bonds. The van der Waals surface area contributed by atoms with E-state index in [-0.39, 0.29) is 27.5 Å². The third-order valence-corrected chi connectivity index (χ3v) is 9.98. The number of amides is 2. The molecule has 2 atom stereocenters. The van der Waals surface area contributed by atoms with Crippen LogP contribution in [0.2, 0.25) is 0 Å². The number of aromatic amines is 1. The second-order valence-corrected chi connectivity index (χ2v) is 12.1. The Balaban J connectivity index is 1.14. The van der Waals surface area contributed by atoms with E-state index in [9.17, 15) is 22.2 Å². The van der Waals surface area contributed by atoms with Crippen LogP contribution in [0.4, 0.5) is 18.0 Å². The Bertz CT molecular complexity index is 1130. The maximum Gasteiger partial charge on any atom is 0.416 e. The Morgan fingerprint density at radius 1 is 1.12 bits per heavy atom. The Hall–Kier alpha value is -2.63. The van der Waals surface area contributed by atoms with Crippen LogP contribution in [0.25, 0.3) is 0 Å². The Morgan fingerprint density at radius 2 is 1.79 bits per heavy atom. The molecule has 1 spiro atoms. The van der Waals surface area contributed by atoms with Crippen molar-refractivity contribution in [3.63, 3.8) is 0 Å². The lowest BCUT2D eigenvalue weighted by Crippen LogP contribution is -2.62. The van der Waals surface area contributed by atoms with Gasteiger partial charge in [0.05, 0.1) is 15.3 Å². The molecule has 184 valence electrons. The molecule has 2 unspecified atom stereocenters. The van der Waals surface area contributed by atoms with Gasteiger partial charge in [-0.05, 0) is 56.4 Å². The van der Waals surface area contributed by atoms with Gasteiger partial charge in [0.2, 0.25) is 0 Å². The highest BCUT2D eigenvalue weighted by Gasteiger charge is 2.49. The van der Waals surface area contributed by atoms with Crippen molar-refractivity contribution < 1.29 is 22.2 Å². The number of halogens is 3. The van der Waals surface area contributed by atoms with E-state index in [1.165, 1.54) is 18.5 Å². The van der Waals surface area contributed by atoms with E-state index >= 15 is 0 Å². The normalized spacial score (nSPS) is 24.7. The van der Waals surface area contributed by atoms with Crippen molar-refractivity contribution >= 4 is 15.8 Å². The van der Waals surface area contributed by atoms with Crippen molar-refractivity contribution in [3.05, 3.63) is 42.0 Å². The van der Waals surface area contributed by atoms with E-state index in [0.29, 0.717) is 39.0 Å². The maximum absolute atomic E-state index is 13.2. The highest BCUT2D eigenvalue weighted by Crippen LogP contribution is 2.46. The lowest BCUT2D eigenvalue weighted by atomic mass is 9.68. The van der Waals surface area contributed by atoms with Crippen molar-refractivity contribution in [3.8, 4) is 0 Å². The van der Waals surface area contributed by atoms with Crippen LogP contribution in [-0.2, 0) is 15.9 Å². The van der Waals surface area contributed by atoms with E-state index < -0.39 is 21.5 Å². The number of urea groups is 1. The van der Waals surface area contributed by atoms with E-state index in [1.54, 1.807) is 0 Å². The molecule has 3 aliphatic rings. The van der Waals surface area contributed by atoms with Gasteiger partial charge in [-0.25, -0.2) is 18.8 Å². The molecule has 1 aromatic heterocycles. The summed E-state index contributed by atoms with van der Waals surface area (Å²) in [7, 11) is -3.20. The van der Waals surface area contributed by atoms with Crippen LogP contribution < -0.4 is 0 Å². The summed E-state index contributed by atoms with van der Waals surface area (Å²) in [5.74, 6) is 0.980. The highest BCUT2D eigenvalue weighted by molar-refractivity contribution is 7.93. The second kappa shape index (κ2) is 8.24. The molecule has 2 saturated heterocycles. The van der Waals surface area contributed by atoms with E-state index in [4.69, 9.17) is 4.78 Å². The number of alkyl halides is 3. The first-order chi connectivity index (χ1) is 16.1. The van der Waals surface area contributed by atoms with Crippen LogP contribution in [0.3, 0.4) is 0 Å². The van der Waals surface area contributed by atoms with Crippen LogP contribution in [0.1, 0.15) is 49.4 Å². The van der Waals surface area contributed by atoms with E-state index in [2.05, 4.69) is 15.2 Å². The number of likely N-dealkylation sites (tertiary alicyclic amines) is 2. The number of hydrogen-bond acceptors (Lipinski definition) is 5. The maximum atomic E-state index is 13.2. The van der Waals surface area contributed by atoms with Crippen molar-refractivity contribution in [2.45, 2.75) is 54.3 Å². The lowest BCUT2D eigenvalue weighted by molar-refractivity contribution is -0.137. The highest BCUT2D eigenvalue weighted by atomic mass is 32.2. The number of hydrogen-bond donors (Lipinski definition) is 2. The van der Waals surface area contributed by atoms with Gasteiger partial charge in [0.1, 0.15) is 12.2 Å². The summed E-state index contributed by atoms with van der Waals surface area (Å²) in [6, 6.07) is 4.18. The molecule has 1 aliphatic carbocycles. The van der Waals surface area contributed by atoms with Crippen LogP contribution in [-0.4, -0.2) is 66.7 Å². The zero-order valence-corrected chi connectivity index (χ0v) is 19.4. The monoisotopic (exact) mass is 496 g/mol. The molecule has 3 heterocycles. The number of carbonyl (C=O) groups is 1. The molecule has 8 nitrogen and oxygen atoms in total. The molecule has 34 heavy (non-hydrogen) atoms. The number of rotatable bonds is 3. The van der Waals surface area contributed by atoms with Gasteiger partial charge in [-0.1, -0.05) is 0 Å². The topological polar surface area (TPSA) is 106 Å². The van der Waals surface area contributed by atoms with Gasteiger partial charge in [-0.15, -0.1) is 0 Å². The van der Waals surface area contributed by atoms with E-state index in [1.807, 2.05) is 9.80 Å². The molecule has 5 rings (SSSR count). The summed E-state index contributed by atoms with van der Waals surface area (Å²) in [5, 5.41) is 6.37. The van der Waals surface area contributed by atoms with Gasteiger partial charge < -0.3 is 9.80 Å². The summed E-state index contributed by atoms with van der Waals surface area (Å²) in [6.07, 6.45) is 0.534. The smallest absolute Gasteiger partial charge is 0.324 e. The molecule has 0 radical (unpaired) electrons. The largest absolute Gasteiger partial charge is 0.416 e.